The van der Waals surface area contributed by atoms with Gasteiger partial charge in [-0.25, -0.2) is 16.8 Å². The fourth-order valence-electron chi connectivity index (χ4n) is 3.39. The summed E-state index contributed by atoms with van der Waals surface area (Å²) < 4.78 is 91.8. The highest BCUT2D eigenvalue weighted by atomic mass is 32.2. The van der Waals surface area contributed by atoms with Crippen LogP contribution < -0.4 is 14.3 Å². The van der Waals surface area contributed by atoms with Crippen LogP contribution in [0.5, 0.6) is 0 Å². The molecule has 0 saturated heterocycles. The molecule has 8 nitrogen and oxygen atoms in total. The molecule has 0 radical (unpaired) electrons. The lowest BCUT2D eigenvalue weighted by molar-refractivity contribution is -0.137. The molecule has 37 heavy (non-hydrogen) atoms. The summed E-state index contributed by atoms with van der Waals surface area (Å²) in [5.74, 6) is -0.663. The third-order valence-electron chi connectivity index (χ3n) is 5.21. The number of halogens is 3. The second-order valence-electron chi connectivity index (χ2n) is 8.32. The van der Waals surface area contributed by atoms with Gasteiger partial charge >= 0.3 is 6.18 Å². The second-order valence-corrected chi connectivity index (χ2v) is 11.9. The first-order valence-electron chi connectivity index (χ1n) is 10.7. The third-order valence-corrected chi connectivity index (χ3v) is 7.74. The van der Waals surface area contributed by atoms with Gasteiger partial charge in [0.25, 0.3) is 10.0 Å². The number of anilines is 3. The molecule has 2 N–H and O–H groups in total. The lowest BCUT2D eigenvalue weighted by atomic mass is 10.1. The fourth-order valence-corrected chi connectivity index (χ4v) is 5.35. The number of carbonyl (C=O) groups excluding carboxylic acids is 1. The van der Waals surface area contributed by atoms with Gasteiger partial charge < -0.3 is 5.32 Å². The molecule has 3 rings (SSSR count). The molecule has 0 saturated carbocycles. The van der Waals surface area contributed by atoms with Gasteiger partial charge in [-0.15, -0.1) is 0 Å². The van der Waals surface area contributed by atoms with E-state index in [1.54, 1.807) is 26.0 Å². The number of sulfonamides is 2. The van der Waals surface area contributed by atoms with E-state index in [-0.39, 0.29) is 16.3 Å². The van der Waals surface area contributed by atoms with Crippen LogP contribution in [0.2, 0.25) is 0 Å². The Hall–Kier alpha value is -3.58. The molecule has 3 aromatic rings. The Labute approximate surface area is 213 Å². The molecule has 0 bridgehead atoms. The average molecular weight is 556 g/mol. The Morgan fingerprint density at radius 2 is 1.54 bits per heavy atom. The van der Waals surface area contributed by atoms with Crippen LogP contribution >= 0.6 is 0 Å². The van der Waals surface area contributed by atoms with Crippen molar-refractivity contribution < 1.29 is 34.8 Å². The number of hydrogen-bond acceptors (Lipinski definition) is 5. The second kappa shape index (κ2) is 10.4. The number of aryl methyl sites for hydroxylation is 2. The molecular weight excluding hydrogens is 531 g/mol. The van der Waals surface area contributed by atoms with E-state index >= 15 is 0 Å². The van der Waals surface area contributed by atoms with Crippen LogP contribution in [-0.4, -0.2) is 35.5 Å². The number of carbonyl (C=O) groups is 1. The summed E-state index contributed by atoms with van der Waals surface area (Å²) in [7, 11) is -8.02. The van der Waals surface area contributed by atoms with Crippen molar-refractivity contribution in [3.05, 3.63) is 83.4 Å². The molecule has 0 unspecified atom stereocenters. The zero-order valence-electron chi connectivity index (χ0n) is 20.0. The molecule has 0 heterocycles. The Balaban J connectivity index is 1.74. The van der Waals surface area contributed by atoms with E-state index in [1.807, 2.05) is 6.07 Å². The fraction of sp³-hybridized carbons (Fsp3) is 0.208. The van der Waals surface area contributed by atoms with E-state index in [0.717, 1.165) is 40.4 Å². The summed E-state index contributed by atoms with van der Waals surface area (Å²) in [6.07, 6.45) is -3.65. The average Bonchev–Trinajstić information content (AvgIpc) is 2.78. The van der Waals surface area contributed by atoms with Crippen LogP contribution in [0.15, 0.2) is 71.6 Å². The lowest BCUT2D eigenvalue weighted by Gasteiger charge is -2.24. The maximum absolute atomic E-state index is 12.9. The van der Waals surface area contributed by atoms with Gasteiger partial charge in [0, 0.05) is 11.4 Å². The van der Waals surface area contributed by atoms with Gasteiger partial charge in [-0.2, -0.15) is 13.2 Å². The summed E-state index contributed by atoms with van der Waals surface area (Å²) in [6.45, 7) is 3.00. The van der Waals surface area contributed by atoms with Crippen LogP contribution in [-0.2, 0) is 31.0 Å². The predicted molar refractivity (Wildman–Crippen MR) is 135 cm³/mol. The number of amides is 1. The number of alkyl halides is 3. The van der Waals surface area contributed by atoms with Gasteiger partial charge in [0.1, 0.15) is 6.54 Å². The molecule has 13 heteroatoms. The van der Waals surface area contributed by atoms with Gasteiger partial charge in [-0.05, 0) is 73.5 Å². The number of nitrogens with zero attached hydrogens (tertiary/aromatic N) is 1. The monoisotopic (exact) mass is 555 g/mol. The highest BCUT2D eigenvalue weighted by Gasteiger charge is 2.31. The van der Waals surface area contributed by atoms with Crippen LogP contribution in [0.1, 0.15) is 16.7 Å². The van der Waals surface area contributed by atoms with E-state index in [1.165, 1.54) is 18.2 Å². The van der Waals surface area contributed by atoms with Gasteiger partial charge in [0.15, 0.2) is 0 Å². The van der Waals surface area contributed by atoms with E-state index in [2.05, 4.69) is 10.0 Å². The molecule has 0 fully saturated rings. The molecule has 0 aromatic heterocycles. The molecule has 0 aliphatic rings. The van der Waals surface area contributed by atoms with Crippen molar-refractivity contribution in [1.29, 1.82) is 0 Å². The van der Waals surface area contributed by atoms with Crippen molar-refractivity contribution in [3.63, 3.8) is 0 Å². The summed E-state index contributed by atoms with van der Waals surface area (Å²) in [5, 5.41) is 2.52. The van der Waals surface area contributed by atoms with Crippen molar-refractivity contribution in [2.45, 2.75) is 24.9 Å². The van der Waals surface area contributed by atoms with Crippen molar-refractivity contribution >= 4 is 43.0 Å². The van der Waals surface area contributed by atoms with Gasteiger partial charge in [-0.1, -0.05) is 18.2 Å². The minimum absolute atomic E-state index is 0.192. The molecule has 0 atom stereocenters. The van der Waals surface area contributed by atoms with Gasteiger partial charge in [0.05, 0.1) is 22.4 Å². The summed E-state index contributed by atoms with van der Waals surface area (Å²) in [5.41, 5.74) is 0.753. The van der Waals surface area contributed by atoms with Crippen molar-refractivity contribution in [2.75, 3.05) is 27.1 Å². The maximum atomic E-state index is 12.9. The van der Waals surface area contributed by atoms with Crippen molar-refractivity contribution in [3.8, 4) is 0 Å². The smallest absolute Gasteiger partial charge is 0.325 e. The largest absolute Gasteiger partial charge is 0.416 e. The van der Waals surface area contributed by atoms with E-state index < -0.39 is 44.2 Å². The zero-order valence-corrected chi connectivity index (χ0v) is 21.6. The van der Waals surface area contributed by atoms with Crippen LogP contribution in [0.4, 0.5) is 30.2 Å². The van der Waals surface area contributed by atoms with Crippen LogP contribution in [0, 0.1) is 13.8 Å². The Morgan fingerprint density at radius 3 is 2.14 bits per heavy atom. The Kier molecular flexibility index (Phi) is 7.89. The first kappa shape index (κ1) is 28.0. The van der Waals surface area contributed by atoms with Crippen molar-refractivity contribution in [1.82, 2.24) is 0 Å². The minimum Gasteiger partial charge on any atom is -0.325 e. The predicted octanol–water partition coefficient (Wildman–Crippen LogP) is 4.53. The van der Waals surface area contributed by atoms with Gasteiger partial charge in [0.2, 0.25) is 15.9 Å². The van der Waals surface area contributed by atoms with Crippen molar-refractivity contribution in [2.24, 2.45) is 0 Å². The highest BCUT2D eigenvalue weighted by molar-refractivity contribution is 7.92. The topological polar surface area (TPSA) is 113 Å². The first-order valence-corrected chi connectivity index (χ1v) is 14.0. The Morgan fingerprint density at radius 1 is 0.892 bits per heavy atom. The number of rotatable bonds is 8. The van der Waals surface area contributed by atoms with E-state index in [4.69, 9.17) is 0 Å². The van der Waals surface area contributed by atoms with E-state index in [0.29, 0.717) is 17.3 Å². The molecule has 198 valence electrons. The number of benzene rings is 3. The molecule has 1 amide bonds. The normalized spacial score (nSPS) is 12.2. The SMILES string of the molecule is Cc1ccc(C)c(N(CC(=O)Nc2ccc(S(=O)(=O)Nc3cccc(C(F)(F)F)c3)cc2)S(C)(=O)=O)c1. The minimum atomic E-state index is -4.63. The summed E-state index contributed by atoms with van der Waals surface area (Å²) in [4.78, 5) is 12.4. The lowest BCUT2D eigenvalue weighted by Crippen LogP contribution is -2.37. The van der Waals surface area contributed by atoms with Crippen LogP contribution in [0.25, 0.3) is 0 Å². The first-order chi connectivity index (χ1) is 17.1. The quantitative estimate of drug-likeness (QED) is 0.424. The van der Waals surface area contributed by atoms with E-state index in [9.17, 15) is 34.8 Å². The van der Waals surface area contributed by atoms with Crippen LogP contribution in [0.3, 0.4) is 0 Å². The summed E-state index contributed by atoms with van der Waals surface area (Å²) >= 11 is 0. The maximum Gasteiger partial charge on any atom is 0.416 e. The number of nitrogens with one attached hydrogen (secondary N) is 2. The molecular formula is C24H24F3N3O5S2. The molecule has 3 aromatic carbocycles. The highest BCUT2D eigenvalue weighted by Crippen LogP contribution is 2.31. The molecule has 0 aliphatic heterocycles. The standard InChI is InChI=1S/C24H24F3N3O5S2/c1-16-7-8-17(2)22(13-16)30(36(3,32)33)15-23(31)28-19-9-11-21(12-10-19)37(34,35)29-20-6-4-5-18(14-20)24(25,26)27/h4-14,29H,15H2,1-3H3,(H,28,31). The Bertz CT molecular complexity index is 1520. The summed E-state index contributed by atoms with van der Waals surface area (Å²) in [6, 6.07) is 13.8. The molecule has 0 spiro atoms. The number of hydrogen-bond donors (Lipinski definition) is 2. The molecule has 0 aliphatic carbocycles. The van der Waals surface area contributed by atoms with Gasteiger partial charge in [-0.3, -0.25) is 13.8 Å². The zero-order chi connectivity index (χ0) is 27.6. The third kappa shape index (κ3) is 7.23.